The summed E-state index contributed by atoms with van der Waals surface area (Å²) in [4.78, 5) is 12.2. The Labute approximate surface area is 163 Å². The van der Waals surface area contributed by atoms with E-state index in [1.165, 1.54) is 56.6 Å². The van der Waals surface area contributed by atoms with Crippen LogP contribution >= 0.6 is 0 Å². The highest BCUT2D eigenvalue weighted by Crippen LogP contribution is 2.22. The molecule has 2 aromatic rings. The van der Waals surface area contributed by atoms with Crippen LogP contribution in [0.2, 0.25) is 0 Å². The summed E-state index contributed by atoms with van der Waals surface area (Å²) >= 11 is 0. The molecule has 0 spiro atoms. The maximum atomic E-state index is 13.7. The summed E-state index contributed by atoms with van der Waals surface area (Å²) < 4.78 is 64.0. The van der Waals surface area contributed by atoms with Gasteiger partial charge >= 0.3 is 0 Å². The lowest BCUT2D eigenvalue weighted by molar-refractivity contribution is -0.114. The second kappa shape index (κ2) is 8.25. The molecule has 11 heteroatoms. The van der Waals surface area contributed by atoms with Gasteiger partial charge in [0.05, 0.1) is 22.5 Å². The number of hydrogen-bond donors (Lipinski definition) is 1. The van der Waals surface area contributed by atoms with Crippen LogP contribution in [0, 0.1) is 5.82 Å². The average molecular weight is 429 g/mol. The number of amides is 1. The molecule has 0 unspecified atom stereocenters. The SMILES string of the molecule is CN(C)S(=O)(=O)c1ccc(N(CC(=O)Nc2ccccc2F)S(C)(=O)=O)cc1. The van der Waals surface area contributed by atoms with Crippen LogP contribution in [0.4, 0.5) is 15.8 Å². The summed E-state index contributed by atoms with van der Waals surface area (Å²) in [6, 6.07) is 10.6. The van der Waals surface area contributed by atoms with E-state index >= 15 is 0 Å². The van der Waals surface area contributed by atoms with Crippen LogP contribution in [0.15, 0.2) is 53.4 Å². The van der Waals surface area contributed by atoms with Gasteiger partial charge in [0.2, 0.25) is 26.0 Å². The molecule has 0 saturated carbocycles. The number of carbonyl (C=O) groups excluding carboxylic acids is 1. The molecule has 1 N–H and O–H groups in total. The minimum atomic E-state index is -3.86. The summed E-state index contributed by atoms with van der Waals surface area (Å²) in [5.74, 6) is -1.40. The summed E-state index contributed by atoms with van der Waals surface area (Å²) in [5.41, 5.74) is 0.0252. The lowest BCUT2D eigenvalue weighted by Crippen LogP contribution is -2.37. The smallest absolute Gasteiger partial charge is 0.245 e. The molecule has 2 rings (SSSR count). The van der Waals surface area contributed by atoms with Crippen LogP contribution in [0.3, 0.4) is 0 Å². The lowest BCUT2D eigenvalue weighted by atomic mass is 10.3. The summed E-state index contributed by atoms with van der Waals surface area (Å²) in [7, 11) is -4.79. The molecule has 0 aromatic heterocycles. The molecule has 2 aromatic carbocycles. The first-order valence-electron chi connectivity index (χ1n) is 7.97. The van der Waals surface area contributed by atoms with Gasteiger partial charge in [-0.2, -0.15) is 0 Å². The maximum Gasteiger partial charge on any atom is 0.245 e. The molecule has 0 fully saturated rings. The van der Waals surface area contributed by atoms with Crippen LogP contribution in [-0.4, -0.2) is 53.9 Å². The van der Waals surface area contributed by atoms with Crippen molar-refractivity contribution in [3.8, 4) is 0 Å². The van der Waals surface area contributed by atoms with Crippen molar-refractivity contribution >= 4 is 37.3 Å². The topological polar surface area (TPSA) is 104 Å². The predicted molar refractivity (Wildman–Crippen MR) is 105 cm³/mol. The van der Waals surface area contributed by atoms with Gasteiger partial charge in [-0.05, 0) is 36.4 Å². The third kappa shape index (κ3) is 5.06. The molecule has 0 atom stereocenters. The number of halogens is 1. The van der Waals surface area contributed by atoms with Crippen molar-refractivity contribution in [2.75, 3.05) is 36.5 Å². The Kier molecular flexibility index (Phi) is 6.42. The molecule has 1 amide bonds. The van der Waals surface area contributed by atoms with Crippen molar-refractivity contribution < 1.29 is 26.0 Å². The van der Waals surface area contributed by atoms with Crippen molar-refractivity contribution in [3.63, 3.8) is 0 Å². The Bertz CT molecular complexity index is 1070. The van der Waals surface area contributed by atoms with Gasteiger partial charge in [0, 0.05) is 14.1 Å². The van der Waals surface area contributed by atoms with Gasteiger partial charge < -0.3 is 5.32 Å². The zero-order chi connectivity index (χ0) is 21.1. The van der Waals surface area contributed by atoms with Crippen molar-refractivity contribution in [2.45, 2.75) is 4.90 Å². The summed E-state index contributed by atoms with van der Waals surface area (Å²) in [5, 5.41) is 2.31. The highest BCUT2D eigenvalue weighted by Gasteiger charge is 2.23. The third-order valence-electron chi connectivity index (χ3n) is 3.74. The number of rotatable bonds is 7. The minimum absolute atomic E-state index is 0.0227. The molecular formula is C17H20FN3O5S2. The number of nitrogens with zero attached hydrogens (tertiary/aromatic N) is 2. The fourth-order valence-electron chi connectivity index (χ4n) is 2.28. The van der Waals surface area contributed by atoms with E-state index < -0.39 is 38.3 Å². The maximum absolute atomic E-state index is 13.7. The number of para-hydroxylation sites is 1. The van der Waals surface area contributed by atoms with Gasteiger partial charge in [0.25, 0.3) is 0 Å². The zero-order valence-electron chi connectivity index (χ0n) is 15.5. The zero-order valence-corrected chi connectivity index (χ0v) is 17.1. The van der Waals surface area contributed by atoms with Crippen LogP contribution in [-0.2, 0) is 24.8 Å². The third-order valence-corrected chi connectivity index (χ3v) is 6.71. The molecule has 8 nitrogen and oxygen atoms in total. The number of nitrogens with one attached hydrogen (secondary N) is 1. The standard InChI is InChI=1S/C17H20FN3O5S2/c1-20(2)28(25,26)14-10-8-13(9-11-14)21(27(3,23)24)12-17(22)19-16-7-5-4-6-15(16)18/h4-11H,12H2,1-3H3,(H,19,22). The molecule has 0 bridgehead atoms. The predicted octanol–water partition coefficient (Wildman–Crippen LogP) is 1.48. The first kappa shape index (κ1) is 21.8. The van der Waals surface area contributed by atoms with E-state index in [4.69, 9.17) is 0 Å². The molecular weight excluding hydrogens is 409 g/mol. The van der Waals surface area contributed by atoms with Crippen molar-refractivity contribution in [2.24, 2.45) is 0 Å². The van der Waals surface area contributed by atoms with E-state index in [1.54, 1.807) is 0 Å². The number of hydrogen-bond acceptors (Lipinski definition) is 5. The first-order valence-corrected chi connectivity index (χ1v) is 11.3. The fraction of sp³-hybridized carbons (Fsp3) is 0.235. The lowest BCUT2D eigenvalue weighted by Gasteiger charge is -2.22. The van der Waals surface area contributed by atoms with Gasteiger partial charge in [-0.15, -0.1) is 0 Å². The van der Waals surface area contributed by atoms with Gasteiger partial charge in [0.1, 0.15) is 12.4 Å². The minimum Gasteiger partial charge on any atom is -0.322 e. The average Bonchev–Trinajstić information content (AvgIpc) is 2.61. The molecule has 28 heavy (non-hydrogen) atoms. The Hall–Kier alpha value is -2.50. The number of anilines is 2. The highest BCUT2D eigenvalue weighted by atomic mass is 32.2. The Morgan fingerprint density at radius 2 is 1.57 bits per heavy atom. The number of sulfonamides is 2. The van der Waals surface area contributed by atoms with E-state index in [1.807, 2.05) is 0 Å². The van der Waals surface area contributed by atoms with Crippen molar-refractivity contribution in [1.82, 2.24) is 4.31 Å². The van der Waals surface area contributed by atoms with Gasteiger partial charge in [-0.3, -0.25) is 9.10 Å². The van der Waals surface area contributed by atoms with Crippen LogP contribution in [0.5, 0.6) is 0 Å². The summed E-state index contributed by atoms with van der Waals surface area (Å²) in [6.07, 6.45) is 0.911. The second-order valence-corrected chi connectivity index (χ2v) is 10.1. The Morgan fingerprint density at radius 1 is 1.00 bits per heavy atom. The molecule has 152 valence electrons. The number of benzene rings is 2. The second-order valence-electron chi connectivity index (χ2n) is 6.08. The van der Waals surface area contributed by atoms with Gasteiger partial charge in [-0.1, -0.05) is 12.1 Å². The quantitative estimate of drug-likeness (QED) is 0.718. The molecule has 0 heterocycles. The first-order chi connectivity index (χ1) is 12.9. The van der Waals surface area contributed by atoms with Crippen LogP contribution in [0.1, 0.15) is 0 Å². The van der Waals surface area contributed by atoms with Crippen LogP contribution < -0.4 is 9.62 Å². The molecule has 0 aliphatic carbocycles. The van der Waals surface area contributed by atoms with E-state index in [0.717, 1.165) is 20.9 Å². The molecule has 0 aliphatic rings. The largest absolute Gasteiger partial charge is 0.322 e. The Balaban J connectivity index is 2.28. The molecule has 0 saturated heterocycles. The van der Waals surface area contributed by atoms with Gasteiger partial charge in [-0.25, -0.2) is 25.5 Å². The van der Waals surface area contributed by atoms with E-state index in [9.17, 15) is 26.0 Å². The number of carbonyl (C=O) groups is 1. The molecule has 0 radical (unpaired) electrons. The Morgan fingerprint density at radius 3 is 2.07 bits per heavy atom. The highest BCUT2D eigenvalue weighted by molar-refractivity contribution is 7.92. The monoisotopic (exact) mass is 429 g/mol. The van der Waals surface area contributed by atoms with Crippen LogP contribution in [0.25, 0.3) is 0 Å². The van der Waals surface area contributed by atoms with E-state index in [-0.39, 0.29) is 16.3 Å². The van der Waals surface area contributed by atoms with E-state index in [2.05, 4.69) is 5.32 Å². The van der Waals surface area contributed by atoms with Gasteiger partial charge in [0.15, 0.2) is 0 Å². The normalized spacial score (nSPS) is 12.0. The van der Waals surface area contributed by atoms with E-state index in [0.29, 0.717) is 0 Å². The molecule has 0 aliphatic heterocycles. The summed E-state index contributed by atoms with van der Waals surface area (Å²) in [6.45, 7) is -0.604. The van der Waals surface area contributed by atoms with Crippen molar-refractivity contribution in [1.29, 1.82) is 0 Å². The van der Waals surface area contributed by atoms with Crippen molar-refractivity contribution in [3.05, 3.63) is 54.3 Å². The fourth-order valence-corrected chi connectivity index (χ4v) is 4.04.